The highest BCUT2D eigenvalue weighted by molar-refractivity contribution is 7.09. The van der Waals surface area contributed by atoms with Crippen LogP contribution in [0.4, 0.5) is 0 Å². The van der Waals surface area contributed by atoms with Crippen LogP contribution in [0, 0.1) is 5.92 Å². The first-order valence-electron chi connectivity index (χ1n) is 5.20. The Balaban J connectivity index is 1.66. The summed E-state index contributed by atoms with van der Waals surface area (Å²) in [6, 6.07) is 5.38. The third-order valence-electron chi connectivity index (χ3n) is 3.31. The van der Waals surface area contributed by atoms with Crippen LogP contribution in [0.15, 0.2) is 17.5 Å². The number of nitrogens with zero attached hydrogens (tertiary/aromatic N) is 1. The average molecular weight is 193 g/mol. The lowest BCUT2D eigenvalue weighted by Crippen LogP contribution is -2.30. The number of piperidine rings is 1. The zero-order valence-corrected chi connectivity index (χ0v) is 8.59. The molecule has 2 fully saturated rings. The van der Waals surface area contributed by atoms with Gasteiger partial charge in [-0.25, -0.2) is 0 Å². The predicted octanol–water partition coefficient (Wildman–Crippen LogP) is 2.73. The number of thiophene rings is 1. The topological polar surface area (TPSA) is 3.24 Å². The van der Waals surface area contributed by atoms with Crippen molar-refractivity contribution in [3.05, 3.63) is 22.4 Å². The molecule has 1 aliphatic heterocycles. The van der Waals surface area contributed by atoms with E-state index in [0.717, 1.165) is 12.0 Å². The normalized spacial score (nSPS) is 32.9. The first kappa shape index (κ1) is 8.01. The summed E-state index contributed by atoms with van der Waals surface area (Å²) in [4.78, 5) is 4.22. The number of hydrogen-bond acceptors (Lipinski definition) is 2. The molecule has 2 atom stereocenters. The first-order chi connectivity index (χ1) is 6.43. The summed E-state index contributed by atoms with van der Waals surface area (Å²) >= 11 is 1.90. The van der Waals surface area contributed by atoms with Crippen LogP contribution < -0.4 is 0 Å². The fraction of sp³-hybridized carbons (Fsp3) is 0.636. The monoisotopic (exact) mass is 193 g/mol. The van der Waals surface area contributed by atoms with Gasteiger partial charge in [-0.1, -0.05) is 6.07 Å². The van der Waals surface area contributed by atoms with Gasteiger partial charge < -0.3 is 0 Å². The summed E-state index contributed by atoms with van der Waals surface area (Å²) in [6.07, 6.45) is 4.39. The van der Waals surface area contributed by atoms with Crippen LogP contribution in [-0.2, 0) is 6.54 Å². The largest absolute Gasteiger partial charge is 0.295 e. The van der Waals surface area contributed by atoms with Gasteiger partial charge in [-0.2, -0.15) is 0 Å². The molecule has 1 saturated heterocycles. The van der Waals surface area contributed by atoms with Crippen molar-refractivity contribution in [2.75, 3.05) is 6.54 Å². The summed E-state index contributed by atoms with van der Waals surface area (Å²) in [5.74, 6) is 1.06. The molecule has 0 radical (unpaired) electrons. The maximum atomic E-state index is 2.68. The first-order valence-corrected chi connectivity index (χ1v) is 6.08. The number of fused-ring (bicyclic) bond motifs is 1. The van der Waals surface area contributed by atoms with Gasteiger partial charge in [0.05, 0.1) is 0 Å². The molecule has 0 N–H and O–H groups in total. The molecule has 1 saturated carbocycles. The molecule has 3 rings (SSSR count). The Bertz CT molecular complexity index is 280. The van der Waals surface area contributed by atoms with Crippen molar-refractivity contribution >= 4 is 11.3 Å². The van der Waals surface area contributed by atoms with E-state index in [2.05, 4.69) is 22.4 Å². The second-order valence-corrected chi connectivity index (χ2v) is 5.29. The third-order valence-corrected chi connectivity index (χ3v) is 4.17. The Morgan fingerprint density at radius 3 is 3.38 bits per heavy atom. The van der Waals surface area contributed by atoms with Gasteiger partial charge in [0.15, 0.2) is 0 Å². The number of likely N-dealkylation sites (tertiary alicyclic amines) is 1. The van der Waals surface area contributed by atoms with Crippen molar-refractivity contribution in [2.24, 2.45) is 5.92 Å². The van der Waals surface area contributed by atoms with E-state index in [1.165, 1.54) is 37.2 Å². The van der Waals surface area contributed by atoms with Crippen LogP contribution in [0.2, 0.25) is 0 Å². The van der Waals surface area contributed by atoms with E-state index in [0.29, 0.717) is 0 Å². The van der Waals surface area contributed by atoms with Gasteiger partial charge in [-0.3, -0.25) is 4.90 Å². The summed E-state index contributed by atoms with van der Waals surface area (Å²) in [7, 11) is 0. The maximum Gasteiger partial charge on any atom is 0.0330 e. The highest BCUT2D eigenvalue weighted by Gasteiger charge is 2.43. The molecule has 0 bridgehead atoms. The van der Waals surface area contributed by atoms with Crippen LogP contribution in [0.3, 0.4) is 0 Å². The summed E-state index contributed by atoms with van der Waals surface area (Å²) in [5.41, 5.74) is 0. The quantitative estimate of drug-likeness (QED) is 0.698. The highest BCUT2D eigenvalue weighted by Crippen LogP contribution is 2.43. The molecule has 2 aliphatic rings. The Morgan fingerprint density at radius 2 is 2.54 bits per heavy atom. The summed E-state index contributed by atoms with van der Waals surface area (Å²) in [5, 5.41) is 2.18. The molecule has 1 aromatic heterocycles. The second kappa shape index (κ2) is 3.10. The minimum atomic E-state index is 0.954. The van der Waals surface area contributed by atoms with Crippen molar-refractivity contribution in [3.63, 3.8) is 0 Å². The second-order valence-electron chi connectivity index (χ2n) is 4.26. The molecule has 0 amide bonds. The Hall–Kier alpha value is -0.340. The molecule has 2 unspecified atom stereocenters. The summed E-state index contributed by atoms with van der Waals surface area (Å²) < 4.78 is 0. The average Bonchev–Trinajstić information content (AvgIpc) is 2.77. The lowest BCUT2D eigenvalue weighted by molar-refractivity contribution is 0.209. The molecule has 1 aliphatic carbocycles. The molecule has 0 aromatic carbocycles. The van der Waals surface area contributed by atoms with Crippen molar-refractivity contribution in [2.45, 2.75) is 31.8 Å². The third kappa shape index (κ3) is 1.53. The van der Waals surface area contributed by atoms with Gasteiger partial charge in [0.2, 0.25) is 0 Å². The molecule has 70 valence electrons. The molecule has 1 aromatic rings. The SMILES string of the molecule is c1csc(CN2CCCC3CC32)c1. The Labute approximate surface area is 83.4 Å². The minimum absolute atomic E-state index is 0.954. The summed E-state index contributed by atoms with van der Waals surface area (Å²) in [6.45, 7) is 2.54. The smallest absolute Gasteiger partial charge is 0.0330 e. The molecular formula is C11H15NS. The fourth-order valence-corrected chi connectivity index (χ4v) is 3.24. The molecule has 1 nitrogen and oxygen atoms in total. The van der Waals surface area contributed by atoms with E-state index in [1.807, 2.05) is 11.3 Å². The standard InChI is InChI=1S/C11H15NS/c1-3-9-7-11(9)12(5-1)8-10-4-2-6-13-10/h2,4,6,9,11H,1,3,5,7-8H2. The highest BCUT2D eigenvalue weighted by atomic mass is 32.1. The van der Waals surface area contributed by atoms with Crippen molar-refractivity contribution < 1.29 is 0 Å². The zero-order valence-electron chi connectivity index (χ0n) is 7.78. The van der Waals surface area contributed by atoms with Crippen LogP contribution in [0.5, 0.6) is 0 Å². The Kier molecular flexibility index (Phi) is 1.91. The van der Waals surface area contributed by atoms with Gasteiger partial charge in [0.1, 0.15) is 0 Å². The van der Waals surface area contributed by atoms with E-state index < -0.39 is 0 Å². The maximum absolute atomic E-state index is 2.68. The van der Waals surface area contributed by atoms with E-state index >= 15 is 0 Å². The van der Waals surface area contributed by atoms with Gasteiger partial charge >= 0.3 is 0 Å². The minimum Gasteiger partial charge on any atom is -0.295 e. The lowest BCUT2D eigenvalue weighted by Gasteiger charge is -2.25. The van der Waals surface area contributed by atoms with Gasteiger partial charge in [0.25, 0.3) is 0 Å². The van der Waals surface area contributed by atoms with Crippen molar-refractivity contribution in [1.82, 2.24) is 4.90 Å². The van der Waals surface area contributed by atoms with E-state index in [9.17, 15) is 0 Å². The molecule has 13 heavy (non-hydrogen) atoms. The fourth-order valence-electron chi connectivity index (χ4n) is 2.51. The molecule has 2 heterocycles. The van der Waals surface area contributed by atoms with Crippen molar-refractivity contribution in [3.8, 4) is 0 Å². The number of hydrogen-bond donors (Lipinski definition) is 0. The van der Waals surface area contributed by atoms with E-state index in [-0.39, 0.29) is 0 Å². The van der Waals surface area contributed by atoms with Crippen LogP contribution >= 0.6 is 11.3 Å². The van der Waals surface area contributed by atoms with Gasteiger partial charge in [-0.05, 0) is 43.2 Å². The van der Waals surface area contributed by atoms with Crippen LogP contribution in [0.25, 0.3) is 0 Å². The van der Waals surface area contributed by atoms with Crippen LogP contribution in [-0.4, -0.2) is 17.5 Å². The lowest BCUT2D eigenvalue weighted by atomic mass is 10.1. The van der Waals surface area contributed by atoms with Gasteiger partial charge in [-0.15, -0.1) is 11.3 Å². The number of rotatable bonds is 2. The Morgan fingerprint density at radius 1 is 1.54 bits per heavy atom. The molecule has 0 spiro atoms. The van der Waals surface area contributed by atoms with Crippen molar-refractivity contribution in [1.29, 1.82) is 0 Å². The predicted molar refractivity (Wildman–Crippen MR) is 55.9 cm³/mol. The zero-order chi connectivity index (χ0) is 8.67. The molecular weight excluding hydrogens is 178 g/mol. The van der Waals surface area contributed by atoms with Gasteiger partial charge in [0, 0.05) is 17.5 Å². The van der Waals surface area contributed by atoms with Crippen LogP contribution in [0.1, 0.15) is 24.1 Å². The van der Waals surface area contributed by atoms with E-state index in [4.69, 9.17) is 0 Å². The molecule has 2 heteroatoms. The van der Waals surface area contributed by atoms with E-state index in [1.54, 1.807) is 0 Å².